The van der Waals surface area contributed by atoms with E-state index in [0.29, 0.717) is 41.6 Å². The summed E-state index contributed by atoms with van der Waals surface area (Å²) in [5, 5.41) is 13.1. The molecule has 1 aliphatic rings. The van der Waals surface area contributed by atoms with Gasteiger partial charge in [-0.25, -0.2) is 0 Å². The van der Waals surface area contributed by atoms with Crippen molar-refractivity contribution < 1.29 is 8.94 Å². The molecule has 2 aromatic heterocycles. The molecule has 0 saturated carbocycles. The first-order valence-electron chi connectivity index (χ1n) is 10.6. The zero-order valence-electron chi connectivity index (χ0n) is 17.7. The van der Waals surface area contributed by atoms with Crippen LogP contribution in [0.5, 0.6) is 0 Å². The molecule has 0 unspecified atom stereocenters. The molecule has 4 aromatic rings. The van der Waals surface area contributed by atoms with E-state index in [1.165, 1.54) is 5.56 Å². The third-order valence-corrected chi connectivity index (χ3v) is 5.86. The van der Waals surface area contributed by atoms with Gasteiger partial charge in [0.15, 0.2) is 0 Å². The van der Waals surface area contributed by atoms with Gasteiger partial charge in [-0.15, -0.1) is 10.2 Å². The summed E-state index contributed by atoms with van der Waals surface area (Å²) in [4.78, 5) is 9.16. The fourth-order valence-electron chi connectivity index (χ4n) is 3.69. The van der Waals surface area contributed by atoms with Crippen LogP contribution in [-0.2, 0) is 13.1 Å². The smallest absolute Gasteiger partial charge is 0.249 e. The minimum Gasteiger partial charge on any atom is -0.419 e. The van der Waals surface area contributed by atoms with Crippen molar-refractivity contribution in [3.8, 4) is 22.8 Å². The lowest BCUT2D eigenvalue weighted by molar-refractivity contribution is 0.106. The lowest BCUT2D eigenvalue weighted by Gasteiger charge is -2.32. The number of benzene rings is 2. The maximum absolute atomic E-state index is 6.22. The summed E-state index contributed by atoms with van der Waals surface area (Å²) in [5.74, 6) is 2.30. The van der Waals surface area contributed by atoms with E-state index in [1.807, 2.05) is 48.5 Å². The van der Waals surface area contributed by atoms with Gasteiger partial charge in [0.25, 0.3) is 0 Å². The molecule has 1 fully saturated rings. The van der Waals surface area contributed by atoms with Crippen LogP contribution in [-0.4, -0.2) is 56.3 Å². The van der Waals surface area contributed by atoms with E-state index in [1.54, 1.807) is 0 Å². The van der Waals surface area contributed by atoms with E-state index in [2.05, 4.69) is 37.1 Å². The highest BCUT2D eigenvalue weighted by atomic mass is 35.5. The molecule has 0 N–H and O–H groups in total. The van der Waals surface area contributed by atoms with Crippen LogP contribution in [0.2, 0.25) is 5.02 Å². The lowest BCUT2D eigenvalue weighted by Crippen LogP contribution is -2.45. The topological polar surface area (TPSA) is 84.3 Å². The van der Waals surface area contributed by atoms with Crippen LogP contribution in [0.4, 0.5) is 0 Å². The Kier molecular flexibility index (Phi) is 5.98. The Balaban J connectivity index is 1.14. The molecular weight excluding hydrogens is 428 g/mol. The molecule has 1 aliphatic heterocycles. The Morgan fingerprint density at radius 2 is 1.56 bits per heavy atom. The molecule has 164 valence electrons. The maximum atomic E-state index is 6.22. The molecule has 0 bridgehead atoms. The molecule has 5 rings (SSSR count). The summed E-state index contributed by atoms with van der Waals surface area (Å²) in [6.45, 7) is 6.89. The number of aryl methyl sites for hydroxylation is 1. The predicted octanol–water partition coefficient (Wildman–Crippen LogP) is 4.07. The Morgan fingerprint density at radius 3 is 2.28 bits per heavy atom. The van der Waals surface area contributed by atoms with Crippen LogP contribution in [0.1, 0.15) is 17.3 Å². The molecule has 8 nitrogen and oxygen atoms in total. The van der Waals surface area contributed by atoms with E-state index in [4.69, 9.17) is 20.5 Å². The second kappa shape index (κ2) is 9.20. The molecule has 2 aromatic carbocycles. The number of nitrogens with zero attached hydrogens (tertiary/aromatic N) is 6. The van der Waals surface area contributed by atoms with Crippen molar-refractivity contribution in [2.45, 2.75) is 20.0 Å². The van der Waals surface area contributed by atoms with Gasteiger partial charge in [0.05, 0.1) is 23.7 Å². The number of rotatable bonds is 6. The van der Waals surface area contributed by atoms with Gasteiger partial charge in [-0.2, -0.15) is 4.98 Å². The molecule has 9 heteroatoms. The molecule has 0 radical (unpaired) electrons. The summed E-state index contributed by atoms with van der Waals surface area (Å²) in [6.07, 6.45) is 0. The lowest BCUT2D eigenvalue weighted by atomic mass is 10.1. The zero-order valence-corrected chi connectivity index (χ0v) is 18.5. The zero-order chi connectivity index (χ0) is 21.9. The van der Waals surface area contributed by atoms with Gasteiger partial charge in [-0.05, 0) is 19.1 Å². The molecule has 0 aliphatic carbocycles. The van der Waals surface area contributed by atoms with Crippen LogP contribution < -0.4 is 0 Å². The Labute approximate surface area is 190 Å². The summed E-state index contributed by atoms with van der Waals surface area (Å²) in [6, 6.07) is 15.6. The van der Waals surface area contributed by atoms with E-state index in [0.717, 1.165) is 37.3 Å². The molecule has 3 heterocycles. The Bertz CT molecular complexity index is 1180. The third kappa shape index (κ3) is 4.72. The van der Waals surface area contributed by atoms with Crippen molar-refractivity contribution in [3.05, 3.63) is 70.9 Å². The van der Waals surface area contributed by atoms with Crippen molar-refractivity contribution in [1.29, 1.82) is 0 Å². The van der Waals surface area contributed by atoms with Crippen LogP contribution in [0.15, 0.2) is 57.5 Å². The molecular formula is C23H23ClN6O2. The first kappa shape index (κ1) is 20.8. The number of halogens is 1. The second-order valence-corrected chi connectivity index (χ2v) is 8.32. The van der Waals surface area contributed by atoms with Gasteiger partial charge in [0.2, 0.25) is 23.5 Å². The summed E-state index contributed by atoms with van der Waals surface area (Å²) in [5.41, 5.74) is 2.92. The van der Waals surface area contributed by atoms with Crippen LogP contribution in [0.25, 0.3) is 22.8 Å². The molecule has 0 spiro atoms. The molecule has 0 atom stereocenters. The fourth-order valence-corrected chi connectivity index (χ4v) is 3.90. The maximum Gasteiger partial charge on any atom is 0.249 e. The van der Waals surface area contributed by atoms with E-state index < -0.39 is 0 Å². The third-order valence-electron chi connectivity index (χ3n) is 5.53. The highest BCUT2D eigenvalue weighted by molar-refractivity contribution is 6.33. The van der Waals surface area contributed by atoms with Gasteiger partial charge in [0.1, 0.15) is 0 Å². The normalized spacial score (nSPS) is 15.3. The van der Waals surface area contributed by atoms with Crippen LogP contribution in [0.3, 0.4) is 0 Å². The van der Waals surface area contributed by atoms with Gasteiger partial charge >= 0.3 is 0 Å². The number of piperazine rings is 1. The average molecular weight is 451 g/mol. The van der Waals surface area contributed by atoms with Gasteiger partial charge in [-0.3, -0.25) is 9.80 Å². The minimum absolute atomic E-state index is 0.449. The van der Waals surface area contributed by atoms with Crippen molar-refractivity contribution in [1.82, 2.24) is 30.1 Å². The average Bonchev–Trinajstić information content (AvgIpc) is 3.46. The number of hydrogen-bond donors (Lipinski definition) is 0. The number of aromatic nitrogens is 4. The van der Waals surface area contributed by atoms with Crippen molar-refractivity contribution in [3.63, 3.8) is 0 Å². The van der Waals surface area contributed by atoms with Gasteiger partial charge < -0.3 is 8.94 Å². The Hall–Kier alpha value is -3.07. The number of hydrogen-bond acceptors (Lipinski definition) is 8. The Morgan fingerprint density at radius 1 is 0.875 bits per heavy atom. The van der Waals surface area contributed by atoms with Gasteiger partial charge in [-0.1, -0.05) is 58.7 Å². The minimum atomic E-state index is 0.449. The summed E-state index contributed by atoms with van der Waals surface area (Å²) >= 11 is 6.22. The van der Waals surface area contributed by atoms with Crippen molar-refractivity contribution >= 4 is 11.6 Å². The molecule has 0 amide bonds. The largest absolute Gasteiger partial charge is 0.419 e. The fraction of sp³-hybridized carbons (Fsp3) is 0.304. The first-order chi connectivity index (χ1) is 15.6. The second-order valence-electron chi connectivity index (χ2n) is 7.91. The summed E-state index contributed by atoms with van der Waals surface area (Å²) < 4.78 is 11.3. The van der Waals surface area contributed by atoms with Crippen LogP contribution in [0, 0.1) is 6.92 Å². The van der Waals surface area contributed by atoms with E-state index in [-0.39, 0.29) is 0 Å². The predicted molar refractivity (Wildman–Crippen MR) is 120 cm³/mol. The van der Waals surface area contributed by atoms with E-state index in [9.17, 15) is 0 Å². The highest BCUT2D eigenvalue weighted by Crippen LogP contribution is 2.26. The standard InChI is InChI=1S/C23H23ClN6O2/c1-16-6-8-17(9-7-16)22-25-20(32-28-22)14-29-10-12-30(13-11-29)15-21-26-27-23(31-21)18-4-2-3-5-19(18)24/h2-9H,10-15H2,1H3. The van der Waals surface area contributed by atoms with Crippen LogP contribution >= 0.6 is 11.6 Å². The monoisotopic (exact) mass is 450 g/mol. The van der Waals surface area contributed by atoms with E-state index >= 15 is 0 Å². The molecule has 1 saturated heterocycles. The quantitative estimate of drug-likeness (QED) is 0.434. The SMILES string of the molecule is Cc1ccc(-c2noc(CN3CCN(Cc4nnc(-c5ccccc5Cl)o4)CC3)n2)cc1. The van der Waals surface area contributed by atoms with Crippen molar-refractivity contribution in [2.75, 3.05) is 26.2 Å². The first-order valence-corrected chi connectivity index (χ1v) is 10.9. The van der Waals surface area contributed by atoms with Crippen molar-refractivity contribution in [2.24, 2.45) is 0 Å². The molecule has 32 heavy (non-hydrogen) atoms. The summed E-state index contributed by atoms with van der Waals surface area (Å²) in [7, 11) is 0. The van der Waals surface area contributed by atoms with Gasteiger partial charge in [0, 0.05) is 31.7 Å². The highest BCUT2D eigenvalue weighted by Gasteiger charge is 2.21.